The van der Waals surface area contributed by atoms with E-state index in [1.54, 1.807) is 6.07 Å². The summed E-state index contributed by atoms with van der Waals surface area (Å²) >= 11 is 12.2. The van der Waals surface area contributed by atoms with E-state index in [1.807, 2.05) is 56.4 Å². The number of benzene rings is 2. The monoisotopic (exact) mass is 351 g/mol. The third-order valence-corrected chi connectivity index (χ3v) is 4.52. The van der Waals surface area contributed by atoms with Gasteiger partial charge in [0.05, 0.1) is 23.1 Å². The van der Waals surface area contributed by atoms with Crippen LogP contribution in [0.25, 0.3) is 0 Å². The van der Waals surface area contributed by atoms with E-state index in [9.17, 15) is 4.79 Å². The van der Waals surface area contributed by atoms with Crippen LogP contribution in [0, 0.1) is 0 Å². The molecule has 1 unspecified atom stereocenters. The molecule has 2 atom stereocenters. The van der Waals surface area contributed by atoms with Gasteiger partial charge in [0.1, 0.15) is 6.54 Å². The van der Waals surface area contributed by atoms with Gasteiger partial charge in [0.2, 0.25) is 0 Å². The molecule has 0 aromatic heterocycles. The van der Waals surface area contributed by atoms with Crippen LogP contribution >= 0.6 is 23.2 Å². The predicted octanol–water partition coefficient (Wildman–Crippen LogP) is 2.89. The number of halogens is 2. The Hall–Kier alpha value is -1.55. The molecule has 0 saturated carbocycles. The van der Waals surface area contributed by atoms with E-state index in [2.05, 4.69) is 5.32 Å². The van der Waals surface area contributed by atoms with Crippen LogP contribution in [0.5, 0.6) is 0 Å². The zero-order valence-electron chi connectivity index (χ0n) is 13.3. The van der Waals surface area contributed by atoms with Gasteiger partial charge < -0.3 is 10.2 Å². The molecule has 2 aromatic carbocycles. The average molecular weight is 352 g/mol. The van der Waals surface area contributed by atoms with Crippen molar-refractivity contribution in [2.24, 2.45) is 0 Å². The highest BCUT2D eigenvalue weighted by molar-refractivity contribution is 6.42. The molecule has 0 heterocycles. The quantitative estimate of drug-likeness (QED) is 0.824. The van der Waals surface area contributed by atoms with E-state index in [0.717, 1.165) is 16.0 Å². The van der Waals surface area contributed by atoms with E-state index in [4.69, 9.17) is 23.2 Å². The molecule has 1 amide bonds. The lowest BCUT2D eigenvalue weighted by Gasteiger charge is -2.18. The fourth-order valence-electron chi connectivity index (χ4n) is 2.46. The molecule has 0 radical (unpaired) electrons. The lowest BCUT2D eigenvalue weighted by atomic mass is 10.1. The molecule has 0 aliphatic heterocycles. The van der Waals surface area contributed by atoms with Gasteiger partial charge in [0.25, 0.3) is 5.91 Å². The molecule has 2 aromatic rings. The van der Waals surface area contributed by atoms with Crippen molar-refractivity contribution in [3.63, 3.8) is 0 Å². The van der Waals surface area contributed by atoms with Crippen molar-refractivity contribution in [3.05, 3.63) is 69.7 Å². The van der Waals surface area contributed by atoms with Gasteiger partial charge in [-0.1, -0.05) is 65.7 Å². The van der Waals surface area contributed by atoms with Crippen molar-refractivity contribution in [1.29, 1.82) is 0 Å². The second-order valence-corrected chi connectivity index (χ2v) is 6.51. The maximum atomic E-state index is 12.2. The number of carbonyl (C=O) groups is 1. The predicted molar refractivity (Wildman–Crippen MR) is 94.9 cm³/mol. The highest BCUT2D eigenvalue weighted by Gasteiger charge is 2.15. The highest BCUT2D eigenvalue weighted by Crippen LogP contribution is 2.24. The minimum Gasteiger partial charge on any atom is -0.345 e. The Kier molecular flexibility index (Phi) is 6.46. The van der Waals surface area contributed by atoms with Gasteiger partial charge in [-0.2, -0.15) is 0 Å². The maximum Gasteiger partial charge on any atom is 0.275 e. The van der Waals surface area contributed by atoms with Gasteiger partial charge in [0, 0.05) is 5.56 Å². The molecular formula is C18H21Cl2N2O+. The second-order valence-electron chi connectivity index (χ2n) is 5.72. The smallest absolute Gasteiger partial charge is 0.275 e. The first kappa shape index (κ1) is 17.8. The van der Waals surface area contributed by atoms with E-state index in [0.29, 0.717) is 23.1 Å². The van der Waals surface area contributed by atoms with E-state index in [-0.39, 0.29) is 11.9 Å². The summed E-state index contributed by atoms with van der Waals surface area (Å²) in [5.74, 6) is 0.0111. The second kappa shape index (κ2) is 8.34. The number of hydrogen-bond acceptors (Lipinski definition) is 1. The summed E-state index contributed by atoms with van der Waals surface area (Å²) < 4.78 is 0. The molecule has 0 bridgehead atoms. The SMILES string of the molecule is C[C@H](NC(=O)C[NH+](C)Cc1cccc(Cl)c1Cl)c1ccccc1. The Morgan fingerprint density at radius 2 is 1.83 bits per heavy atom. The summed E-state index contributed by atoms with van der Waals surface area (Å²) in [5.41, 5.74) is 2.04. The zero-order valence-corrected chi connectivity index (χ0v) is 14.8. The third-order valence-electron chi connectivity index (χ3n) is 3.66. The minimum atomic E-state index is -0.00809. The van der Waals surface area contributed by atoms with Gasteiger partial charge in [0.15, 0.2) is 6.54 Å². The maximum absolute atomic E-state index is 12.2. The van der Waals surface area contributed by atoms with Gasteiger partial charge in [-0.05, 0) is 18.6 Å². The molecule has 2 N–H and O–H groups in total. The van der Waals surface area contributed by atoms with Crippen molar-refractivity contribution < 1.29 is 9.69 Å². The Morgan fingerprint density at radius 1 is 1.13 bits per heavy atom. The third kappa shape index (κ3) is 5.24. The van der Waals surface area contributed by atoms with Crippen LogP contribution < -0.4 is 10.2 Å². The number of likely N-dealkylation sites (N-methyl/N-ethyl adjacent to an activating group) is 1. The van der Waals surface area contributed by atoms with Crippen LogP contribution in [0.15, 0.2) is 48.5 Å². The number of carbonyl (C=O) groups excluding carboxylic acids is 1. The summed E-state index contributed by atoms with van der Waals surface area (Å²) in [6.07, 6.45) is 0. The molecule has 122 valence electrons. The van der Waals surface area contributed by atoms with Gasteiger partial charge in [-0.15, -0.1) is 0 Å². The van der Waals surface area contributed by atoms with Crippen molar-refractivity contribution in [2.75, 3.05) is 13.6 Å². The average Bonchev–Trinajstić information content (AvgIpc) is 2.52. The standard InChI is InChI=1S/C18H20Cl2N2O/c1-13(14-7-4-3-5-8-14)21-17(23)12-22(2)11-15-9-6-10-16(19)18(15)20/h3-10,13H,11-12H2,1-2H3,(H,21,23)/p+1/t13-/m0/s1. The summed E-state index contributed by atoms with van der Waals surface area (Å²) in [4.78, 5) is 13.2. The molecule has 0 saturated heterocycles. The van der Waals surface area contributed by atoms with Crippen LogP contribution in [0.1, 0.15) is 24.1 Å². The molecule has 2 rings (SSSR count). The largest absolute Gasteiger partial charge is 0.345 e. The summed E-state index contributed by atoms with van der Waals surface area (Å²) in [7, 11) is 1.96. The van der Waals surface area contributed by atoms with Gasteiger partial charge in [-0.3, -0.25) is 4.79 Å². The molecule has 3 nitrogen and oxygen atoms in total. The normalized spacial score (nSPS) is 13.4. The Labute approximate surface area is 147 Å². The van der Waals surface area contributed by atoms with Crippen molar-refractivity contribution in [1.82, 2.24) is 5.32 Å². The number of rotatable bonds is 6. The summed E-state index contributed by atoms with van der Waals surface area (Å²) in [6, 6.07) is 15.5. The van der Waals surface area contributed by atoms with Crippen LogP contribution in [0.4, 0.5) is 0 Å². The van der Waals surface area contributed by atoms with Crippen molar-refractivity contribution in [3.8, 4) is 0 Å². The van der Waals surface area contributed by atoms with Gasteiger partial charge in [-0.25, -0.2) is 0 Å². The fourth-order valence-corrected chi connectivity index (χ4v) is 2.85. The number of amides is 1. The van der Waals surface area contributed by atoms with Crippen molar-refractivity contribution >= 4 is 29.1 Å². The topological polar surface area (TPSA) is 33.5 Å². The molecule has 0 aliphatic carbocycles. The number of quaternary nitrogens is 1. The Bertz CT molecular complexity index is 661. The molecular weight excluding hydrogens is 331 g/mol. The van der Waals surface area contributed by atoms with E-state index < -0.39 is 0 Å². The molecule has 23 heavy (non-hydrogen) atoms. The summed E-state index contributed by atoms with van der Waals surface area (Å²) in [5, 5.41) is 4.12. The van der Waals surface area contributed by atoms with Crippen LogP contribution in [-0.2, 0) is 11.3 Å². The molecule has 0 spiro atoms. The molecule has 0 aliphatic rings. The number of nitrogens with one attached hydrogen (secondary N) is 2. The Morgan fingerprint density at radius 3 is 2.52 bits per heavy atom. The molecule has 0 fully saturated rings. The zero-order chi connectivity index (χ0) is 16.8. The van der Waals surface area contributed by atoms with Crippen LogP contribution in [0.3, 0.4) is 0 Å². The van der Waals surface area contributed by atoms with Crippen LogP contribution in [-0.4, -0.2) is 19.5 Å². The Balaban J connectivity index is 1.88. The first-order chi connectivity index (χ1) is 11.0. The lowest BCUT2D eigenvalue weighted by molar-refractivity contribution is -0.885. The first-order valence-electron chi connectivity index (χ1n) is 7.56. The van der Waals surface area contributed by atoms with E-state index >= 15 is 0 Å². The van der Waals surface area contributed by atoms with Crippen LogP contribution in [0.2, 0.25) is 10.0 Å². The first-order valence-corrected chi connectivity index (χ1v) is 8.31. The summed E-state index contributed by atoms with van der Waals surface area (Å²) in [6.45, 7) is 3.00. The van der Waals surface area contributed by atoms with Gasteiger partial charge >= 0.3 is 0 Å². The lowest BCUT2D eigenvalue weighted by Crippen LogP contribution is -3.08. The van der Waals surface area contributed by atoms with E-state index in [1.165, 1.54) is 0 Å². The van der Waals surface area contributed by atoms with Crippen molar-refractivity contribution in [2.45, 2.75) is 19.5 Å². The number of hydrogen-bond donors (Lipinski definition) is 2. The highest BCUT2D eigenvalue weighted by atomic mass is 35.5. The molecule has 5 heteroatoms. The fraction of sp³-hybridized carbons (Fsp3) is 0.278. The minimum absolute atomic E-state index is 0.00809.